The summed E-state index contributed by atoms with van der Waals surface area (Å²) in [4.78, 5) is 0. The number of halogens is 2. The Balaban J connectivity index is 2.09. The van der Waals surface area contributed by atoms with Gasteiger partial charge < -0.3 is 10.5 Å². The maximum atomic E-state index is 13.1. The molecule has 2 rings (SSSR count). The van der Waals surface area contributed by atoms with Crippen LogP contribution in [0.5, 0.6) is 5.75 Å². The minimum absolute atomic E-state index is 0.0334. The van der Waals surface area contributed by atoms with Gasteiger partial charge in [0.2, 0.25) is 0 Å². The first-order valence-corrected chi connectivity index (χ1v) is 6.40. The van der Waals surface area contributed by atoms with Crippen LogP contribution in [0.25, 0.3) is 0 Å². The van der Waals surface area contributed by atoms with Crippen LogP contribution in [0, 0.1) is 18.6 Å². The van der Waals surface area contributed by atoms with Crippen molar-refractivity contribution in [2.45, 2.75) is 26.5 Å². The molecule has 0 amide bonds. The minimum atomic E-state index is -0.866. The van der Waals surface area contributed by atoms with Gasteiger partial charge in [0.15, 0.2) is 11.6 Å². The van der Waals surface area contributed by atoms with E-state index in [0.717, 1.165) is 23.3 Å². The molecule has 4 heteroatoms. The summed E-state index contributed by atoms with van der Waals surface area (Å²) in [6.07, 6.45) is 0. The number of rotatable bonds is 4. The molecule has 0 unspecified atom stereocenters. The Morgan fingerprint density at radius 2 is 1.85 bits per heavy atom. The van der Waals surface area contributed by atoms with E-state index in [0.29, 0.717) is 11.3 Å². The second-order valence-electron chi connectivity index (χ2n) is 4.85. The fraction of sp³-hybridized carbons (Fsp3) is 0.250. The van der Waals surface area contributed by atoms with Gasteiger partial charge in [-0.1, -0.05) is 18.2 Å². The predicted molar refractivity (Wildman–Crippen MR) is 74.5 cm³/mol. The van der Waals surface area contributed by atoms with E-state index in [1.54, 1.807) is 0 Å². The zero-order chi connectivity index (χ0) is 14.7. The van der Waals surface area contributed by atoms with Crippen molar-refractivity contribution >= 4 is 0 Å². The van der Waals surface area contributed by atoms with Crippen LogP contribution in [0.3, 0.4) is 0 Å². The molecule has 0 bridgehead atoms. The van der Waals surface area contributed by atoms with Crippen molar-refractivity contribution in [3.63, 3.8) is 0 Å². The van der Waals surface area contributed by atoms with E-state index >= 15 is 0 Å². The number of hydrogen-bond acceptors (Lipinski definition) is 2. The monoisotopic (exact) mass is 277 g/mol. The summed E-state index contributed by atoms with van der Waals surface area (Å²) in [5.41, 5.74) is 8.38. The average molecular weight is 277 g/mol. The summed E-state index contributed by atoms with van der Waals surface area (Å²) in [7, 11) is 0. The van der Waals surface area contributed by atoms with Crippen LogP contribution in [0.1, 0.15) is 29.7 Å². The Hall–Kier alpha value is -1.94. The largest absolute Gasteiger partial charge is 0.489 e. The zero-order valence-corrected chi connectivity index (χ0v) is 11.5. The summed E-state index contributed by atoms with van der Waals surface area (Å²) in [5.74, 6) is -1.01. The number of nitrogens with two attached hydrogens (primary N) is 1. The molecule has 0 aliphatic carbocycles. The molecule has 2 aromatic carbocycles. The van der Waals surface area contributed by atoms with Crippen molar-refractivity contribution in [1.29, 1.82) is 0 Å². The van der Waals surface area contributed by atoms with Gasteiger partial charge in [0.1, 0.15) is 12.4 Å². The second-order valence-corrected chi connectivity index (χ2v) is 4.85. The fourth-order valence-corrected chi connectivity index (χ4v) is 1.91. The zero-order valence-electron chi connectivity index (χ0n) is 11.5. The summed E-state index contributed by atoms with van der Waals surface area (Å²) in [6, 6.07) is 9.41. The van der Waals surface area contributed by atoms with Crippen molar-refractivity contribution in [3.8, 4) is 5.75 Å². The molecular formula is C16H17F2NO. The molecule has 0 saturated heterocycles. The second kappa shape index (κ2) is 6.01. The van der Waals surface area contributed by atoms with E-state index in [1.165, 1.54) is 6.07 Å². The number of ether oxygens (including phenoxy) is 1. The SMILES string of the molecule is Cc1cc([C@@H](C)N)ccc1OCc1ccc(F)c(F)c1. The molecule has 0 aliphatic heterocycles. The van der Waals surface area contributed by atoms with Gasteiger partial charge in [-0.15, -0.1) is 0 Å². The van der Waals surface area contributed by atoms with Crippen molar-refractivity contribution in [2.75, 3.05) is 0 Å². The molecule has 0 aromatic heterocycles. The summed E-state index contributed by atoms with van der Waals surface area (Å²) in [6.45, 7) is 4.03. The van der Waals surface area contributed by atoms with Crippen LogP contribution < -0.4 is 10.5 Å². The average Bonchev–Trinajstić information content (AvgIpc) is 2.41. The van der Waals surface area contributed by atoms with Gasteiger partial charge in [0.25, 0.3) is 0 Å². The smallest absolute Gasteiger partial charge is 0.159 e. The van der Waals surface area contributed by atoms with Crippen molar-refractivity contribution in [3.05, 3.63) is 64.7 Å². The highest BCUT2D eigenvalue weighted by Crippen LogP contribution is 2.23. The van der Waals surface area contributed by atoms with E-state index in [2.05, 4.69) is 0 Å². The maximum absolute atomic E-state index is 13.1. The first kappa shape index (κ1) is 14.5. The number of aryl methyl sites for hydroxylation is 1. The van der Waals surface area contributed by atoms with Crippen LogP contribution in [-0.4, -0.2) is 0 Å². The predicted octanol–water partition coefficient (Wildman–Crippen LogP) is 3.87. The van der Waals surface area contributed by atoms with Gasteiger partial charge in [0, 0.05) is 6.04 Å². The van der Waals surface area contributed by atoms with E-state index in [-0.39, 0.29) is 12.6 Å². The minimum Gasteiger partial charge on any atom is -0.489 e. The number of benzene rings is 2. The van der Waals surface area contributed by atoms with Gasteiger partial charge in [-0.2, -0.15) is 0 Å². The first-order chi connectivity index (χ1) is 9.47. The van der Waals surface area contributed by atoms with Crippen LogP contribution in [0.4, 0.5) is 8.78 Å². The molecule has 106 valence electrons. The van der Waals surface area contributed by atoms with Crippen LogP contribution in [-0.2, 0) is 6.61 Å². The molecular weight excluding hydrogens is 260 g/mol. The lowest BCUT2D eigenvalue weighted by Crippen LogP contribution is -2.05. The van der Waals surface area contributed by atoms with E-state index in [9.17, 15) is 8.78 Å². The Labute approximate surface area is 117 Å². The molecule has 20 heavy (non-hydrogen) atoms. The first-order valence-electron chi connectivity index (χ1n) is 6.40. The third-order valence-corrected chi connectivity index (χ3v) is 3.10. The summed E-state index contributed by atoms with van der Waals surface area (Å²) < 4.78 is 31.5. The van der Waals surface area contributed by atoms with Gasteiger partial charge in [0.05, 0.1) is 0 Å². The molecule has 0 saturated carbocycles. The lowest BCUT2D eigenvalue weighted by molar-refractivity contribution is 0.303. The molecule has 0 spiro atoms. The number of hydrogen-bond donors (Lipinski definition) is 1. The Bertz CT molecular complexity index is 611. The molecule has 0 aliphatic rings. The van der Waals surface area contributed by atoms with Crippen LogP contribution in [0.2, 0.25) is 0 Å². The molecule has 2 aromatic rings. The van der Waals surface area contributed by atoms with Gasteiger partial charge >= 0.3 is 0 Å². The van der Waals surface area contributed by atoms with E-state index < -0.39 is 11.6 Å². The molecule has 0 radical (unpaired) electrons. The quantitative estimate of drug-likeness (QED) is 0.920. The molecule has 0 fully saturated rings. The highest BCUT2D eigenvalue weighted by molar-refractivity contribution is 5.37. The third-order valence-electron chi connectivity index (χ3n) is 3.10. The molecule has 1 atom stereocenters. The topological polar surface area (TPSA) is 35.2 Å². The van der Waals surface area contributed by atoms with Crippen LogP contribution >= 0.6 is 0 Å². The van der Waals surface area contributed by atoms with E-state index in [4.69, 9.17) is 10.5 Å². The Morgan fingerprint density at radius 1 is 1.10 bits per heavy atom. The normalized spacial score (nSPS) is 12.2. The van der Waals surface area contributed by atoms with Gasteiger partial charge in [-0.25, -0.2) is 8.78 Å². The summed E-state index contributed by atoms with van der Waals surface area (Å²) in [5, 5.41) is 0. The Kier molecular flexibility index (Phi) is 4.35. The fourth-order valence-electron chi connectivity index (χ4n) is 1.91. The lowest BCUT2D eigenvalue weighted by atomic mass is 10.1. The van der Waals surface area contributed by atoms with E-state index in [1.807, 2.05) is 32.0 Å². The molecule has 2 nitrogen and oxygen atoms in total. The van der Waals surface area contributed by atoms with Gasteiger partial charge in [-0.05, 0) is 48.7 Å². The standard InChI is InChI=1S/C16H17F2NO/c1-10-7-13(11(2)19)4-6-16(10)20-9-12-3-5-14(17)15(18)8-12/h3-8,11H,9,19H2,1-2H3/t11-/m1/s1. The van der Waals surface area contributed by atoms with Crippen LogP contribution in [0.15, 0.2) is 36.4 Å². The summed E-state index contributed by atoms with van der Waals surface area (Å²) >= 11 is 0. The lowest BCUT2D eigenvalue weighted by Gasteiger charge is -2.12. The van der Waals surface area contributed by atoms with Crippen molar-refractivity contribution in [2.24, 2.45) is 5.73 Å². The highest BCUT2D eigenvalue weighted by Gasteiger charge is 2.06. The van der Waals surface area contributed by atoms with Crippen molar-refractivity contribution in [1.82, 2.24) is 0 Å². The molecule has 2 N–H and O–H groups in total. The molecule has 0 heterocycles. The third kappa shape index (κ3) is 3.33. The Morgan fingerprint density at radius 3 is 2.45 bits per heavy atom. The highest BCUT2D eigenvalue weighted by atomic mass is 19.2. The van der Waals surface area contributed by atoms with Crippen molar-refractivity contribution < 1.29 is 13.5 Å². The maximum Gasteiger partial charge on any atom is 0.159 e. The van der Waals surface area contributed by atoms with Gasteiger partial charge in [-0.3, -0.25) is 0 Å².